The van der Waals surface area contributed by atoms with E-state index in [-0.39, 0.29) is 5.41 Å². The van der Waals surface area contributed by atoms with Crippen molar-refractivity contribution in [1.82, 2.24) is 15.0 Å². The van der Waals surface area contributed by atoms with Gasteiger partial charge in [-0.1, -0.05) is 56.3 Å². The lowest BCUT2D eigenvalue weighted by molar-refractivity contribution is 0.0763. The van der Waals surface area contributed by atoms with Gasteiger partial charge in [-0.25, -0.2) is 9.99 Å². The minimum Gasteiger partial charge on any atom is -0.436 e. The van der Waals surface area contributed by atoms with Gasteiger partial charge in [0.15, 0.2) is 5.58 Å². The van der Waals surface area contributed by atoms with E-state index in [4.69, 9.17) is 4.42 Å². The Morgan fingerprint density at radius 2 is 1.89 bits per heavy atom. The Morgan fingerprint density at radius 1 is 1.15 bits per heavy atom. The molecule has 0 atom stereocenters. The van der Waals surface area contributed by atoms with Crippen molar-refractivity contribution in [3.8, 4) is 0 Å². The van der Waals surface area contributed by atoms with Crippen molar-refractivity contribution in [2.45, 2.75) is 25.8 Å². The van der Waals surface area contributed by atoms with Gasteiger partial charge in [-0.3, -0.25) is 0 Å². The van der Waals surface area contributed by atoms with E-state index in [9.17, 15) is 0 Å². The first-order chi connectivity index (χ1) is 13.0. The summed E-state index contributed by atoms with van der Waals surface area (Å²) in [6, 6.07) is 16.7. The van der Waals surface area contributed by atoms with Crippen LogP contribution in [0.1, 0.15) is 30.9 Å². The highest BCUT2D eigenvalue weighted by molar-refractivity contribution is 5.76. The van der Waals surface area contributed by atoms with Gasteiger partial charge in [0, 0.05) is 30.8 Å². The molecule has 0 radical (unpaired) electrons. The molecule has 0 unspecified atom stereocenters. The van der Waals surface area contributed by atoms with Crippen LogP contribution in [0.3, 0.4) is 0 Å². The average molecular weight is 359 g/mol. The maximum atomic E-state index is 5.92. The van der Waals surface area contributed by atoms with Gasteiger partial charge in [-0.05, 0) is 23.3 Å². The number of benzene rings is 2. The van der Waals surface area contributed by atoms with Crippen LogP contribution in [0.5, 0.6) is 0 Å². The normalized spacial score (nSPS) is 15.4. The molecule has 3 aromatic rings. The number of allylic oxidation sites excluding steroid dienone is 1. The smallest absolute Gasteiger partial charge is 0.226 e. The summed E-state index contributed by atoms with van der Waals surface area (Å²) in [4.78, 5) is 4.62. The van der Waals surface area contributed by atoms with Crippen LogP contribution in [0.2, 0.25) is 0 Å². The zero-order valence-corrected chi connectivity index (χ0v) is 16.1. The lowest BCUT2D eigenvalue weighted by Gasteiger charge is -2.25. The summed E-state index contributed by atoms with van der Waals surface area (Å²) in [7, 11) is 2.08. The van der Waals surface area contributed by atoms with Crippen LogP contribution in [-0.2, 0) is 12.0 Å². The van der Waals surface area contributed by atoms with Crippen LogP contribution in [0.4, 0.5) is 0 Å². The minimum atomic E-state index is -0.0109. The fourth-order valence-electron chi connectivity index (χ4n) is 3.30. The van der Waals surface area contributed by atoms with Gasteiger partial charge in [0.25, 0.3) is 0 Å². The predicted molar refractivity (Wildman–Crippen MR) is 110 cm³/mol. The Hall–Kier alpha value is -2.85. The van der Waals surface area contributed by atoms with E-state index in [1.54, 1.807) is 0 Å². The van der Waals surface area contributed by atoms with E-state index in [0.29, 0.717) is 5.89 Å². The van der Waals surface area contributed by atoms with Crippen LogP contribution < -0.4 is 0 Å². The molecule has 0 N–H and O–H groups in total. The number of hydrogen-bond donors (Lipinski definition) is 0. The summed E-state index contributed by atoms with van der Waals surface area (Å²) in [6.45, 7) is 9.90. The number of fused-ring (bicyclic) bond motifs is 1. The largest absolute Gasteiger partial charge is 0.436 e. The highest BCUT2D eigenvalue weighted by Crippen LogP contribution is 2.28. The molecule has 0 fully saturated rings. The van der Waals surface area contributed by atoms with Crippen LogP contribution >= 0.6 is 0 Å². The van der Waals surface area contributed by atoms with Gasteiger partial charge in [0.1, 0.15) is 5.52 Å². The van der Waals surface area contributed by atoms with Crippen molar-refractivity contribution >= 4 is 16.7 Å². The molecule has 2 aromatic carbocycles. The standard InChI is InChI=1S/C23H25N3O/c1-5-23(2,3)19-12-10-17(11-13-19)14-26-16-18(15-25(26)4)22-24-20-8-6-7-9-21(20)27-22/h5-13,16H,1,14-15H2,2-4H3. The van der Waals surface area contributed by atoms with Crippen molar-refractivity contribution in [3.63, 3.8) is 0 Å². The van der Waals surface area contributed by atoms with Crippen LogP contribution in [-0.4, -0.2) is 28.6 Å². The van der Waals surface area contributed by atoms with Gasteiger partial charge in [0.2, 0.25) is 5.89 Å². The molecular formula is C23H25N3O. The second-order valence-corrected chi connectivity index (χ2v) is 7.68. The van der Waals surface area contributed by atoms with Gasteiger partial charge in [0.05, 0.1) is 6.54 Å². The molecule has 0 saturated heterocycles. The number of nitrogens with zero attached hydrogens (tertiary/aromatic N) is 3. The van der Waals surface area contributed by atoms with Gasteiger partial charge < -0.3 is 9.43 Å². The van der Waals surface area contributed by atoms with E-state index in [1.807, 2.05) is 30.3 Å². The Balaban J connectivity index is 1.53. The number of oxazole rings is 1. The zero-order valence-electron chi connectivity index (χ0n) is 16.1. The fourth-order valence-corrected chi connectivity index (χ4v) is 3.30. The first-order valence-corrected chi connectivity index (χ1v) is 9.23. The Bertz CT molecular complexity index is 965. The van der Waals surface area contributed by atoms with Gasteiger partial charge in [-0.2, -0.15) is 0 Å². The quantitative estimate of drug-likeness (QED) is 0.601. The first-order valence-electron chi connectivity index (χ1n) is 9.23. The van der Waals surface area contributed by atoms with E-state index >= 15 is 0 Å². The summed E-state index contributed by atoms with van der Waals surface area (Å²) in [5.74, 6) is 0.702. The number of hydrazine groups is 1. The summed E-state index contributed by atoms with van der Waals surface area (Å²) in [5.41, 5.74) is 5.35. The van der Waals surface area contributed by atoms with Crippen LogP contribution in [0.15, 0.2) is 71.8 Å². The number of likely N-dealkylation sites (N-methyl/N-ethyl adjacent to an activating group) is 1. The SMILES string of the molecule is C=CC(C)(C)c1ccc(CN2C=C(c3nc4ccccc4o3)CN2C)cc1. The molecule has 2 heterocycles. The maximum Gasteiger partial charge on any atom is 0.226 e. The monoisotopic (exact) mass is 359 g/mol. The zero-order chi connectivity index (χ0) is 19.0. The molecule has 0 bridgehead atoms. The Morgan fingerprint density at radius 3 is 2.59 bits per heavy atom. The van der Waals surface area contributed by atoms with E-state index in [0.717, 1.165) is 29.8 Å². The van der Waals surface area contributed by atoms with Crippen molar-refractivity contribution in [2.24, 2.45) is 0 Å². The third-order valence-corrected chi connectivity index (χ3v) is 5.26. The Kier molecular flexibility index (Phi) is 4.36. The number of hydrogen-bond acceptors (Lipinski definition) is 4. The minimum absolute atomic E-state index is 0.0109. The number of aromatic nitrogens is 1. The molecule has 138 valence electrons. The molecule has 1 aliphatic heterocycles. The van der Waals surface area contributed by atoms with E-state index in [2.05, 4.69) is 72.9 Å². The highest BCUT2D eigenvalue weighted by Gasteiger charge is 2.23. The van der Waals surface area contributed by atoms with E-state index < -0.39 is 0 Å². The van der Waals surface area contributed by atoms with E-state index in [1.165, 1.54) is 11.1 Å². The summed E-state index contributed by atoms with van der Waals surface area (Å²) in [6.07, 6.45) is 4.12. The number of para-hydroxylation sites is 2. The average Bonchev–Trinajstić information content (AvgIpc) is 3.26. The summed E-state index contributed by atoms with van der Waals surface area (Å²) >= 11 is 0. The summed E-state index contributed by atoms with van der Waals surface area (Å²) < 4.78 is 5.92. The van der Waals surface area contributed by atoms with Crippen molar-refractivity contribution in [2.75, 3.05) is 13.6 Å². The molecule has 4 rings (SSSR count). The molecule has 0 spiro atoms. The van der Waals surface area contributed by atoms with Crippen molar-refractivity contribution in [3.05, 3.63) is 84.4 Å². The lowest BCUT2D eigenvalue weighted by Crippen LogP contribution is -2.31. The second kappa shape index (κ2) is 6.71. The number of rotatable bonds is 5. The maximum absolute atomic E-state index is 5.92. The Labute approximate surface area is 160 Å². The van der Waals surface area contributed by atoms with Gasteiger partial charge >= 0.3 is 0 Å². The van der Waals surface area contributed by atoms with Crippen LogP contribution in [0.25, 0.3) is 16.7 Å². The molecular weight excluding hydrogens is 334 g/mol. The predicted octanol–water partition coefficient (Wildman–Crippen LogP) is 4.99. The fraction of sp³-hybridized carbons (Fsp3) is 0.261. The topological polar surface area (TPSA) is 32.5 Å². The third kappa shape index (κ3) is 3.40. The molecule has 4 nitrogen and oxygen atoms in total. The van der Waals surface area contributed by atoms with Crippen LogP contribution in [0, 0.1) is 0 Å². The van der Waals surface area contributed by atoms with Crippen molar-refractivity contribution < 1.29 is 4.42 Å². The van der Waals surface area contributed by atoms with Gasteiger partial charge in [-0.15, -0.1) is 6.58 Å². The molecule has 1 aromatic heterocycles. The molecule has 0 amide bonds. The molecule has 0 saturated carbocycles. The highest BCUT2D eigenvalue weighted by atomic mass is 16.3. The second-order valence-electron chi connectivity index (χ2n) is 7.68. The molecule has 4 heteroatoms. The molecule has 27 heavy (non-hydrogen) atoms. The van der Waals surface area contributed by atoms with Crippen molar-refractivity contribution in [1.29, 1.82) is 0 Å². The molecule has 1 aliphatic rings. The third-order valence-electron chi connectivity index (χ3n) is 5.26. The lowest BCUT2D eigenvalue weighted by atomic mass is 9.84. The summed E-state index contributed by atoms with van der Waals surface area (Å²) in [5, 5.41) is 4.39. The molecule has 0 aliphatic carbocycles. The first kappa shape index (κ1) is 17.6.